The first kappa shape index (κ1) is 16.0. The maximum atomic E-state index is 4.60. The Morgan fingerprint density at radius 1 is 1.16 bits per heavy atom. The summed E-state index contributed by atoms with van der Waals surface area (Å²) in [5.74, 6) is 0.872. The van der Waals surface area contributed by atoms with Crippen molar-refractivity contribution in [2.75, 3.05) is 6.54 Å². The second kappa shape index (κ2) is 6.40. The van der Waals surface area contributed by atoms with Crippen LogP contribution in [-0.2, 0) is 13.6 Å². The summed E-state index contributed by atoms with van der Waals surface area (Å²) < 4.78 is 3.81. The Morgan fingerprint density at radius 2 is 1.96 bits per heavy atom. The van der Waals surface area contributed by atoms with E-state index >= 15 is 0 Å². The molecule has 130 valence electrons. The summed E-state index contributed by atoms with van der Waals surface area (Å²) in [5, 5.41) is 16.9. The van der Waals surface area contributed by atoms with E-state index in [1.807, 2.05) is 46.7 Å². The number of likely N-dealkylation sites (tertiary alicyclic amines) is 1. The normalized spacial score (nSPS) is 18.1. The van der Waals surface area contributed by atoms with E-state index in [1.165, 1.54) is 17.7 Å². The van der Waals surface area contributed by atoms with Gasteiger partial charge in [-0.1, -0.05) is 18.2 Å². The van der Waals surface area contributed by atoms with Crippen molar-refractivity contribution in [1.82, 2.24) is 34.9 Å². The second-order valence-electron chi connectivity index (χ2n) is 6.68. The lowest BCUT2D eigenvalue weighted by Gasteiger charge is -2.24. The molecule has 7 heteroatoms. The largest absolute Gasteiger partial charge is 0.289 e. The average molecular weight is 337 g/mol. The molecule has 0 N–H and O–H groups in total. The van der Waals surface area contributed by atoms with Gasteiger partial charge in [-0.15, -0.1) is 5.10 Å². The Kier molecular flexibility index (Phi) is 4.09. The fraction of sp³-hybridized carbons (Fsp3) is 0.444. The lowest BCUT2D eigenvalue weighted by molar-refractivity contribution is 0.239. The van der Waals surface area contributed by atoms with Gasteiger partial charge in [0, 0.05) is 24.3 Å². The average Bonchev–Trinajstić information content (AvgIpc) is 3.31. The topological polar surface area (TPSA) is 64.7 Å². The van der Waals surface area contributed by atoms with Crippen LogP contribution < -0.4 is 0 Å². The third-order valence-electron chi connectivity index (χ3n) is 5.14. The molecule has 0 radical (unpaired) electrons. The summed E-state index contributed by atoms with van der Waals surface area (Å²) >= 11 is 0. The maximum absolute atomic E-state index is 4.60. The van der Waals surface area contributed by atoms with Gasteiger partial charge in [0.05, 0.1) is 17.9 Å². The first-order chi connectivity index (χ1) is 12.1. The highest BCUT2D eigenvalue weighted by Gasteiger charge is 2.31. The van der Waals surface area contributed by atoms with Gasteiger partial charge in [0.15, 0.2) is 5.82 Å². The van der Waals surface area contributed by atoms with E-state index in [0.717, 1.165) is 36.7 Å². The molecule has 3 aromatic rings. The molecule has 1 atom stereocenters. The van der Waals surface area contributed by atoms with Crippen molar-refractivity contribution in [1.29, 1.82) is 0 Å². The van der Waals surface area contributed by atoms with Crippen molar-refractivity contribution >= 4 is 0 Å². The fourth-order valence-electron chi connectivity index (χ4n) is 3.87. The molecule has 0 spiro atoms. The van der Waals surface area contributed by atoms with Gasteiger partial charge in [-0.2, -0.15) is 9.78 Å². The summed E-state index contributed by atoms with van der Waals surface area (Å²) in [6, 6.07) is 10.4. The van der Waals surface area contributed by atoms with Gasteiger partial charge >= 0.3 is 0 Å². The fourth-order valence-corrected chi connectivity index (χ4v) is 3.87. The van der Waals surface area contributed by atoms with Gasteiger partial charge in [0.1, 0.15) is 0 Å². The van der Waals surface area contributed by atoms with Crippen LogP contribution in [0, 0.1) is 13.8 Å². The predicted octanol–water partition coefficient (Wildman–Crippen LogP) is 2.35. The molecule has 3 heterocycles. The Hall–Kier alpha value is -2.54. The van der Waals surface area contributed by atoms with E-state index < -0.39 is 0 Å². The molecule has 0 aliphatic carbocycles. The summed E-state index contributed by atoms with van der Waals surface area (Å²) in [7, 11) is 2.01. The molecule has 4 rings (SSSR count). The second-order valence-corrected chi connectivity index (χ2v) is 6.68. The summed E-state index contributed by atoms with van der Waals surface area (Å²) in [6.45, 7) is 6.05. The number of aryl methyl sites for hydroxylation is 2. The van der Waals surface area contributed by atoms with Crippen LogP contribution in [0.1, 0.15) is 41.7 Å². The molecular weight excluding hydrogens is 314 g/mol. The van der Waals surface area contributed by atoms with E-state index in [4.69, 9.17) is 0 Å². The molecule has 0 saturated carbocycles. The minimum absolute atomic E-state index is 0.384. The Balaban J connectivity index is 1.62. The highest BCUT2D eigenvalue weighted by Crippen LogP contribution is 2.36. The van der Waals surface area contributed by atoms with Gasteiger partial charge in [-0.25, -0.2) is 0 Å². The van der Waals surface area contributed by atoms with E-state index in [2.05, 4.69) is 39.4 Å². The zero-order chi connectivity index (χ0) is 17.4. The minimum atomic E-state index is 0.384. The number of benzene rings is 1. The van der Waals surface area contributed by atoms with Crippen LogP contribution in [0.4, 0.5) is 0 Å². The number of hydrogen-bond donors (Lipinski definition) is 0. The van der Waals surface area contributed by atoms with Crippen molar-refractivity contribution in [3.8, 4) is 5.69 Å². The number of rotatable bonds is 4. The molecular formula is C18H23N7. The van der Waals surface area contributed by atoms with Crippen molar-refractivity contribution in [3.05, 3.63) is 53.1 Å². The molecule has 1 saturated heterocycles. The van der Waals surface area contributed by atoms with Crippen molar-refractivity contribution in [3.63, 3.8) is 0 Å². The van der Waals surface area contributed by atoms with E-state index in [1.54, 1.807) is 0 Å². The van der Waals surface area contributed by atoms with E-state index in [0.29, 0.717) is 6.04 Å². The van der Waals surface area contributed by atoms with Crippen LogP contribution in [-0.4, -0.2) is 41.4 Å². The predicted molar refractivity (Wildman–Crippen MR) is 94.2 cm³/mol. The van der Waals surface area contributed by atoms with Crippen LogP contribution >= 0.6 is 0 Å². The summed E-state index contributed by atoms with van der Waals surface area (Å²) in [4.78, 5) is 2.47. The van der Waals surface area contributed by atoms with Crippen LogP contribution in [0.25, 0.3) is 5.69 Å². The minimum Gasteiger partial charge on any atom is -0.289 e. The lowest BCUT2D eigenvalue weighted by Crippen LogP contribution is -2.25. The van der Waals surface area contributed by atoms with Gasteiger partial charge < -0.3 is 0 Å². The summed E-state index contributed by atoms with van der Waals surface area (Å²) in [6.07, 6.45) is 2.34. The Labute approximate surface area is 147 Å². The van der Waals surface area contributed by atoms with Crippen molar-refractivity contribution < 1.29 is 0 Å². The highest BCUT2D eigenvalue weighted by atomic mass is 15.5. The van der Waals surface area contributed by atoms with Crippen molar-refractivity contribution in [2.24, 2.45) is 7.05 Å². The molecule has 0 amide bonds. The zero-order valence-corrected chi connectivity index (χ0v) is 14.9. The SMILES string of the molecule is Cc1nn(C)c(C)c1C1CCCN1Cc1nnnn1-c1ccccc1. The Morgan fingerprint density at radius 3 is 2.68 bits per heavy atom. The van der Waals surface area contributed by atoms with E-state index in [9.17, 15) is 0 Å². The van der Waals surface area contributed by atoms with Crippen LogP contribution in [0.3, 0.4) is 0 Å². The Bertz CT molecular complexity index is 865. The first-order valence-electron chi connectivity index (χ1n) is 8.72. The lowest BCUT2D eigenvalue weighted by atomic mass is 10.0. The number of aromatic nitrogens is 6. The van der Waals surface area contributed by atoms with Gasteiger partial charge in [-0.3, -0.25) is 9.58 Å². The molecule has 25 heavy (non-hydrogen) atoms. The molecule has 7 nitrogen and oxygen atoms in total. The van der Waals surface area contributed by atoms with E-state index in [-0.39, 0.29) is 0 Å². The highest BCUT2D eigenvalue weighted by molar-refractivity contribution is 5.31. The standard InChI is InChI=1S/C18H23N7/c1-13-18(14(2)23(3)20-13)16-10-7-11-24(16)12-17-19-21-22-25(17)15-8-5-4-6-9-15/h4-6,8-9,16H,7,10-12H2,1-3H3. The summed E-state index contributed by atoms with van der Waals surface area (Å²) in [5.41, 5.74) is 4.72. The maximum Gasteiger partial charge on any atom is 0.170 e. The molecule has 1 fully saturated rings. The van der Waals surface area contributed by atoms with Gasteiger partial charge in [0.25, 0.3) is 0 Å². The third-order valence-corrected chi connectivity index (χ3v) is 5.14. The molecule has 1 unspecified atom stereocenters. The number of para-hydroxylation sites is 1. The third kappa shape index (κ3) is 2.84. The number of nitrogens with zero attached hydrogens (tertiary/aromatic N) is 7. The quantitative estimate of drug-likeness (QED) is 0.731. The molecule has 2 aromatic heterocycles. The number of tetrazole rings is 1. The molecule has 1 aliphatic rings. The smallest absolute Gasteiger partial charge is 0.170 e. The van der Waals surface area contributed by atoms with Crippen LogP contribution in [0.15, 0.2) is 30.3 Å². The number of hydrogen-bond acceptors (Lipinski definition) is 5. The van der Waals surface area contributed by atoms with Crippen LogP contribution in [0.5, 0.6) is 0 Å². The molecule has 0 bridgehead atoms. The van der Waals surface area contributed by atoms with Crippen molar-refractivity contribution in [2.45, 2.75) is 39.3 Å². The monoisotopic (exact) mass is 337 g/mol. The molecule has 1 aliphatic heterocycles. The zero-order valence-electron chi connectivity index (χ0n) is 14.9. The van der Waals surface area contributed by atoms with Crippen LogP contribution in [0.2, 0.25) is 0 Å². The van der Waals surface area contributed by atoms with Gasteiger partial charge in [-0.05, 0) is 55.8 Å². The first-order valence-corrected chi connectivity index (χ1v) is 8.72. The molecule has 1 aromatic carbocycles. The van der Waals surface area contributed by atoms with Gasteiger partial charge in [0.2, 0.25) is 0 Å².